The van der Waals surface area contributed by atoms with Crippen molar-refractivity contribution in [3.8, 4) is 0 Å². The first-order valence-electron chi connectivity index (χ1n) is 24.2. The van der Waals surface area contributed by atoms with Gasteiger partial charge in [0, 0.05) is 111 Å². The van der Waals surface area contributed by atoms with Crippen molar-refractivity contribution in [2.24, 2.45) is 22.7 Å². The Bertz CT molecular complexity index is 2580. The Morgan fingerprint density at radius 2 is 1.69 bits per heavy atom. The van der Waals surface area contributed by atoms with Gasteiger partial charge < -0.3 is 43.9 Å². The second-order valence-corrected chi connectivity index (χ2v) is 20.6. The van der Waals surface area contributed by atoms with E-state index in [1.165, 1.54) is 21.1 Å². The Balaban J connectivity index is 1.24. The van der Waals surface area contributed by atoms with Gasteiger partial charge in [0.05, 0.1) is 32.0 Å². The summed E-state index contributed by atoms with van der Waals surface area (Å²) in [5, 5.41) is 26.7. The average molecular weight is 918 g/mol. The molecule has 1 spiro atoms. The lowest BCUT2D eigenvalue weighted by atomic mass is 9.47. The van der Waals surface area contributed by atoms with Crippen LogP contribution in [0.15, 0.2) is 84.1 Å². The molecule has 5 aliphatic heterocycles. The second-order valence-electron chi connectivity index (χ2n) is 20.6. The van der Waals surface area contributed by atoms with Crippen LogP contribution < -0.4 is 4.90 Å². The molecule has 4 fully saturated rings. The standard InChI is InChI=1S/C53H67N5O9/c1-9-49(62)28-33-29-52(47(60)65-7,43-36(19-23-57(30-33)31-49)37-25-35(17-18-40(37)54-43)55(4)34-15-12-11-13-16-34)39-26-38-41(27-42(39)64-6)56(5)45-51(38)21-24-58-22-14-20-50(10-2,44(51)58)46(67-32(3)59)53(45,63)48(61)66-8/h11-18,20,25-27,33,39,42,44-46,54,62-63H,9-10,19,21-24,28-31H2,1-8H3/t33-,39?,42?,44+,45-,46-,49+,50-,51-,52+,53+/m1/s1. The molecule has 0 radical (unpaired) electrons. The lowest BCUT2D eigenvalue weighted by Crippen LogP contribution is -2.79. The summed E-state index contributed by atoms with van der Waals surface area (Å²) in [6.45, 7) is 8.62. The summed E-state index contributed by atoms with van der Waals surface area (Å²) in [6.07, 6.45) is 9.59. The highest BCUT2D eigenvalue weighted by Crippen LogP contribution is 2.70. The monoisotopic (exact) mass is 917 g/mol. The zero-order valence-corrected chi connectivity index (χ0v) is 40.2. The molecule has 12 atom stereocenters. The van der Waals surface area contributed by atoms with Gasteiger partial charge in [0.25, 0.3) is 0 Å². The van der Waals surface area contributed by atoms with Gasteiger partial charge in [0.2, 0.25) is 5.60 Å². The number of carbonyl (C=O) groups is 3. The molecule has 6 heterocycles. The van der Waals surface area contributed by atoms with Crippen LogP contribution in [0.3, 0.4) is 0 Å². The number of H-pyrrole nitrogens is 1. The number of likely N-dealkylation sites (N-methyl/N-ethyl adjacent to an activating group) is 1. The van der Waals surface area contributed by atoms with Gasteiger partial charge in [-0.25, -0.2) is 4.79 Å². The molecule has 14 nitrogen and oxygen atoms in total. The molecule has 1 aromatic heterocycles. The average Bonchev–Trinajstić information content (AvgIpc) is 4.00. The number of aliphatic hydroxyl groups is 2. The van der Waals surface area contributed by atoms with Gasteiger partial charge in [0.15, 0.2) is 6.10 Å². The molecule has 3 N–H and O–H groups in total. The number of nitrogens with one attached hydrogen (secondary N) is 1. The number of aromatic nitrogens is 1. The number of hydrogen-bond acceptors (Lipinski definition) is 13. The fourth-order valence-electron chi connectivity index (χ4n) is 15.0. The van der Waals surface area contributed by atoms with E-state index in [4.69, 9.17) is 18.9 Å². The lowest BCUT2D eigenvalue weighted by Gasteiger charge is -2.63. The number of hydrogen-bond donors (Lipinski definition) is 3. The molecule has 3 unspecified atom stereocenters. The lowest BCUT2D eigenvalue weighted by molar-refractivity contribution is -0.243. The van der Waals surface area contributed by atoms with Crippen molar-refractivity contribution in [1.82, 2.24) is 19.7 Å². The molecule has 2 aromatic carbocycles. The van der Waals surface area contributed by atoms with Crippen molar-refractivity contribution >= 4 is 40.2 Å². The van der Waals surface area contributed by atoms with E-state index < -0.39 is 69.5 Å². The predicted molar refractivity (Wildman–Crippen MR) is 253 cm³/mol. The number of nitrogens with zero attached hydrogens (tertiary/aromatic N) is 4. The van der Waals surface area contributed by atoms with Crippen molar-refractivity contribution in [3.05, 3.63) is 95.4 Å². The minimum Gasteiger partial charge on any atom is -0.468 e. The maximum atomic E-state index is 15.7. The first kappa shape index (κ1) is 45.8. The molecule has 14 heteroatoms. The number of likely N-dealkylation sites (tertiary alicyclic amines) is 1. The number of rotatable bonds is 9. The Hall–Kier alpha value is -4.99. The molecule has 2 bridgehead atoms. The number of para-hydroxylation sites is 1. The fraction of sp³-hybridized carbons (Fsp3) is 0.566. The molecule has 0 amide bonds. The van der Waals surface area contributed by atoms with Crippen LogP contribution in [-0.4, -0.2) is 151 Å². The van der Waals surface area contributed by atoms with Crippen LogP contribution in [0.2, 0.25) is 0 Å². The summed E-state index contributed by atoms with van der Waals surface area (Å²) in [7, 11) is 8.34. The maximum Gasteiger partial charge on any atom is 0.344 e. The van der Waals surface area contributed by atoms with E-state index in [9.17, 15) is 19.8 Å². The van der Waals surface area contributed by atoms with E-state index in [0.29, 0.717) is 71.2 Å². The van der Waals surface area contributed by atoms with Crippen LogP contribution in [0.1, 0.15) is 64.1 Å². The van der Waals surface area contributed by atoms with E-state index in [1.807, 2.05) is 44.0 Å². The summed E-state index contributed by atoms with van der Waals surface area (Å²) in [4.78, 5) is 56.2. The Morgan fingerprint density at radius 3 is 2.37 bits per heavy atom. The molecular weight excluding hydrogens is 851 g/mol. The van der Waals surface area contributed by atoms with Gasteiger partial charge >= 0.3 is 17.9 Å². The number of allylic oxidation sites excluding steroid dienone is 1. The molecular formula is C53H67N5O9. The van der Waals surface area contributed by atoms with Gasteiger partial charge in [-0.1, -0.05) is 50.3 Å². The highest BCUT2D eigenvalue weighted by Gasteiger charge is 2.81. The highest BCUT2D eigenvalue weighted by atomic mass is 16.6. The molecule has 67 heavy (non-hydrogen) atoms. The van der Waals surface area contributed by atoms with E-state index in [0.717, 1.165) is 44.8 Å². The van der Waals surface area contributed by atoms with Gasteiger partial charge in [0.1, 0.15) is 5.41 Å². The maximum absolute atomic E-state index is 15.7. The topological polar surface area (TPSA) is 157 Å². The fourth-order valence-corrected chi connectivity index (χ4v) is 15.0. The predicted octanol–water partition coefficient (Wildman–Crippen LogP) is 5.40. The van der Waals surface area contributed by atoms with E-state index in [-0.39, 0.29) is 12.0 Å². The third kappa shape index (κ3) is 6.34. The zero-order valence-electron chi connectivity index (χ0n) is 40.2. The van der Waals surface area contributed by atoms with E-state index >= 15 is 4.79 Å². The number of esters is 3. The molecule has 2 aliphatic carbocycles. The van der Waals surface area contributed by atoms with Crippen LogP contribution in [0.25, 0.3) is 10.9 Å². The molecule has 10 rings (SSSR count). The summed E-state index contributed by atoms with van der Waals surface area (Å²) in [5.74, 6) is -2.63. The number of aromatic amines is 1. The zero-order chi connectivity index (χ0) is 47.4. The van der Waals surface area contributed by atoms with Crippen LogP contribution >= 0.6 is 0 Å². The third-order valence-corrected chi connectivity index (χ3v) is 17.6. The Morgan fingerprint density at radius 1 is 0.925 bits per heavy atom. The molecule has 7 aliphatic rings. The molecule has 3 aromatic rings. The Labute approximate surface area is 393 Å². The van der Waals surface area contributed by atoms with Gasteiger partial charge in [-0.3, -0.25) is 19.4 Å². The number of anilines is 2. The van der Waals surface area contributed by atoms with Crippen LogP contribution in [0, 0.1) is 22.7 Å². The first-order valence-corrected chi connectivity index (χ1v) is 24.2. The number of fused-ring (bicyclic) bond motifs is 6. The van der Waals surface area contributed by atoms with Crippen molar-refractivity contribution in [3.63, 3.8) is 0 Å². The summed E-state index contributed by atoms with van der Waals surface area (Å²) in [6, 6.07) is 15.4. The van der Waals surface area contributed by atoms with Crippen molar-refractivity contribution in [2.45, 2.75) is 100 Å². The Kier molecular flexibility index (Phi) is 11.2. The first-order chi connectivity index (χ1) is 32.1. The van der Waals surface area contributed by atoms with Crippen molar-refractivity contribution < 1.29 is 43.5 Å². The van der Waals surface area contributed by atoms with E-state index in [1.54, 1.807) is 7.11 Å². The molecule has 358 valence electrons. The normalized spacial score (nSPS) is 37.4. The SMILES string of the molecule is CC[C@]1(O)C[C@H]2CN(CCc3c([nH]c4ccc(N(C)c5ccccc5)cc34)[C@@](C(=O)OC)(C3C=C4C(=CC3OC)N(C)[C@H]3[C@@](O)(C(=O)OC)[C@H](OC(C)=O)[C@]5(CC)C=CCN6CC[C@]43[C@@H]65)C2)C1. The largest absolute Gasteiger partial charge is 0.468 e. The number of piperidine rings is 1. The van der Waals surface area contributed by atoms with Gasteiger partial charge in [-0.05, 0) is 98.5 Å². The minimum absolute atomic E-state index is 0.102. The second kappa shape index (κ2) is 16.3. The molecule has 1 saturated carbocycles. The number of ether oxygens (including phenoxy) is 4. The number of methoxy groups -OCH3 is 3. The van der Waals surface area contributed by atoms with Gasteiger partial charge in [-0.2, -0.15) is 0 Å². The minimum atomic E-state index is -2.31. The third-order valence-electron chi connectivity index (χ3n) is 17.6. The molecule has 3 saturated heterocycles. The van der Waals surface area contributed by atoms with E-state index in [2.05, 4.69) is 81.4 Å². The van der Waals surface area contributed by atoms with Crippen molar-refractivity contribution in [1.29, 1.82) is 0 Å². The summed E-state index contributed by atoms with van der Waals surface area (Å²) in [5.41, 5.74) is -0.0500. The van der Waals surface area contributed by atoms with Crippen LogP contribution in [0.5, 0.6) is 0 Å². The highest BCUT2D eigenvalue weighted by molar-refractivity contribution is 5.93. The van der Waals surface area contributed by atoms with Crippen molar-refractivity contribution in [2.75, 3.05) is 73.0 Å². The smallest absolute Gasteiger partial charge is 0.344 e. The van der Waals surface area contributed by atoms with Gasteiger partial charge in [-0.15, -0.1) is 0 Å². The summed E-state index contributed by atoms with van der Waals surface area (Å²) < 4.78 is 24.4. The number of benzene rings is 2. The number of carbonyl (C=O) groups excluding carboxylic acids is 3. The summed E-state index contributed by atoms with van der Waals surface area (Å²) >= 11 is 0. The van der Waals surface area contributed by atoms with Crippen LogP contribution in [-0.2, 0) is 45.2 Å². The quantitative estimate of drug-likeness (QED) is 0.143. The van der Waals surface area contributed by atoms with Crippen LogP contribution in [0.4, 0.5) is 11.4 Å².